The van der Waals surface area contributed by atoms with Crippen LogP contribution in [0.4, 0.5) is 0 Å². The fourth-order valence-corrected chi connectivity index (χ4v) is 2.70. The predicted octanol–water partition coefficient (Wildman–Crippen LogP) is 3.15. The maximum absolute atomic E-state index is 10.5. The van der Waals surface area contributed by atoms with Gasteiger partial charge in [-0.25, -0.2) is 9.88 Å². The molecule has 1 heterocycles. The molecule has 0 spiro atoms. The van der Waals surface area contributed by atoms with Gasteiger partial charge in [-0.15, -0.1) is 0 Å². The van der Waals surface area contributed by atoms with Crippen LogP contribution in [0.15, 0.2) is 64.5 Å². The average molecular weight is 331 g/mol. The van der Waals surface area contributed by atoms with Crippen LogP contribution in [0, 0.1) is 0 Å². The Bertz CT molecular complexity index is 660. The summed E-state index contributed by atoms with van der Waals surface area (Å²) < 4.78 is 10.4. The Hall–Kier alpha value is -1.86. The first-order valence-electron chi connectivity index (χ1n) is 7.19. The molecule has 0 saturated carbocycles. The minimum atomic E-state index is -0.710. The third-order valence-electron chi connectivity index (χ3n) is 3.48. The van der Waals surface area contributed by atoms with Crippen LogP contribution in [0.2, 0.25) is 0 Å². The standard InChI is InChI=1S/C17H17NO4S/c1-20-22-23-14-9-7-12(8-10-14)16(19)15-11-21-17(18-15)13-5-3-2-4-6-13/h2-10,15-16,19H,11H2,1H3/t15-,16-/m1/s1. The average Bonchev–Trinajstić information content (AvgIpc) is 3.11. The maximum atomic E-state index is 10.5. The lowest BCUT2D eigenvalue weighted by Crippen LogP contribution is -2.17. The molecule has 6 heteroatoms. The molecule has 0 aliphatic carbocycles. The van der Waals surface area contributed by atoms with Crippen molar-refractivity contribution in [3.8, 4) is 0 Å². The highest BCUT2D eigenvalue weighted by Gasteiger charge is 2.27. The van der Waals surface area contributed by atoms with Crippen molar-refractivity contribution in [1.82, 2.24) is 0 Å². The molecule has 1 aliphatic rings. The molecule has 120 valence electrons. The smallest absolute Gasteiger partial charge is 0.216 e. The highest BCUT2D eigenvalue weighted by atomic mass is 32.2. The molecule has 0 radical (unpaired) electrons. The first-order valence-corrected chi connectivity index (χ1v) is 7.93. The Morgan fingerprint density at radius 2 is 1.91 bits per heavy atom. The SMILES string of the molecule is COOSc1ccc([C@@H](O)[C@H]2COC(c3ccccc3)=N2)cc1. The van der Waals surface area contributed by atoms with E-state index >= 15 is 0 Å². The molecule has 1 aliphatic heterocycles. The molecule has 5 nitrogen and oxygen atoms in total. The summed E-state index contributed by atoms with van der Waals surface area (Å²) in [5.41, 5.74) is 1.71. The van der Waals surface area contributed by atoms with E-state index in [4.69, 9.17) is 9.07 Å². The normalized spacial score (nSPS) is 18.3. The fourth-order valence-electron chi connectivity index (χ4n) is 2.31. The predicted molar refractivity (Wildman–Crippen MR) is 88.1 cm³/mol. The molecule has 2 aromatic carbocycles. The largest absolute Gasteiger partial charge is 0.475 e. The van der Waals surface area contributed by atoms with Crippen molar-refractivity contribution >= 4 is 17.9 Å². The maximum Gasteiger partial charge on any atom is 0.216 e. The summed E-state index contributed by atoms with van der Waals surface area (Å²) in [6.45, 7) is 0.370. The quantitative estimate of drug-likeness (QED) is 0.500. The Morgan fingerprint density at radius 3 is 2.61 bits per heavy atom. The van der Waals surface area contributed by atoms with Gasteiger partial charge in [0.05, 0.1) is 19.2 Å². The van der Waals surface area contributed by atoms with Crippen LogP contribution in [-0.4, -0.2) is 30.8 Å². The van der Waals surface area contributed by atoms with Crippen molar-refractivity contribution in [2.24, 2.45) is 4.99 Å². The Labute approximate surface area is 139 Å². The number of hydrogen-bond acceptors (Lipinski definition) is 6. The lowest BCUT2D eigenvalue weighted by atomic mass is 10.0. The van der Waals surface area contributed by atoms with E-state index in [2.05, 4.69) is 9.88 Å². The second kappa shape index (κ2) is 7.61. The van der Waals surface area contributed by atoms with E-state index in [1.165, 1.54) is 7.11 Å². The zero-order valence-corrected chi connectivity index (χ0v) is 13.4. The van der Waals surface area contributed by atoms with Gasteiger partial charge in [0.1, 0.15) is 18.8 Å². The molecule has 0 fully saturated rings. The number of benzene rings is 2. The Balaban J connectivity index is 1.69. The van der Waals surface area contributed by atoms with Gasteiger partial charge < -0.3 is 9.84 Å². The van der Waals surface area contributed by atoms with E-state index in [1.54, 1.807) is 0 Å². The van der Waals surface area contributed by atoms with Gasteiger partial charge in [-0.05, 0) is 29.8 Å². The van der Waals surface area contributed by atoms with Crippen LogP contribution < -0.4 is 0 Å². The highest BCUT2D eigenvalue weighted by Crippen LogP contribution is 2.27. The molecule has 2 atom stereocenters. The van der Waals surface area contributed by atoms with Gasteiger partial charge in [0, 0.05) is 10.5 Å². The monoisotopic (exact) mass is 331 g/mol. The molecule has 23 heavy (non-hydrogen) atoms. The Morgan fingerprint density at radius 1 is 1.17 bits per heavy atom. The number of rotatable bonds is 6. The second-order valence-corrected chi connectivity index (χ2v) is 5.78. The molecule has 1 N–H and O–H groups in total. The third kappa shape index (κ3) is 3.92. The molecule has 3 rings (SSSR count). The van der Waals surface area contributed by atoms with E-state index < -0.39 is 6.10 Å². The summed E-state index contributed by atoms with van der Waals surface area (Å²) in [5, 5.41) is 10.5. The van der Waals surface area contributed by atoms with Crippen molar-refractivity contribution < 1.29 is 19.1 Å². The molecule has 0 aromatic heterocycles. The molecule has 2 aromatic rings. The van der Waals surface area contributed by atoms with Crippen molar-refractivity contribution in [2.45, 2.75) is 17.0 Å². The van der Waals surface area contributed by atoms with Gasteiger partial charge in [-0.1, -0.05) is 30.3 Å². The molecule has 0 bridgehead atoms. The van der Waals surface area contributed by atoms with Gasteiger partial charge in [-0.3, -0.25) is 0 Å². The fraction of sp³-hybridized carbons (Fsp3) is 0.235. The zero-order chi connectivity index (χ0) is 16.1. The zero-order valence-electron chi connectivity index (χ0n) is 12.6. The molecule has 0 saturated heterocycles. The van der Waals surface area contributed by atoms with Crippen LogP contribution in [0.1, 0.15) is 17.2 Å². The summed E-state index contributed by atoms with van der Waals surface area (Å²) >= 11 is 1.11. The number of ether oxygens (including phenoxy) is 1. The summed E-state index contributed by atoms with van der Waals surface area (Å²) in [6.07, 6.45) is -0.710. The number of nitrogens with zero attached hydrogens (tertiary/aromatic N) is 1. The number of aliphatic imine (C=N–C) groups is 1. The van der Waals surface area contributed by atoms with Gasteiger partial charge in [0.2, 0.25) is 5.90 Å². The van der Waals surface area contributed by atoms with E-state index in [0.29, 0.717) is 12.5 Å². The second-order valence-electron chi connectivity index (χ2n) is 5.01. The lowest BCUT2D eigenvalue weighted by Gasteiger charge is -2.14. The van der Waals surface area contributed by atoms with Crippen LogP contribution in [-0.2, 0) is 14.0 Å². The summed E-state index contributed by atoms with van der Waals surface area (Å²) in [5.74, 6) is 0.579. The van der Waals surface area contributed by atoms with Crippen molar-refractivity contribution in [3.05, 3.63) is 65.7 Å². The first-order chi connectivity index (χ1) is 11.3. The minimum Gasteiger partial charge on any atom is -0.475 e. The van der Waals surface area contributed by atoms with Crippen LogP contribution in [0.3, 0.4) is 0 Å². The third-order valence-corrected chi connectivity index (χ3v) is 4.15. The van der Waals surface area contributed by atoms with Crippen LogP contribution in [0.5, 0.6) is 0 Å². The highest BCUT2D eigenvalue weighted by molar-refractivity contribution is 7.94. The lowest BCUT2D eigenvalue weighted by molar-refractivity contribution is -0.160. The first kappa shape index (κ1) is 16.0. The summed E-state index contributed by atoms with van der Waals surface area (Å²) in [4.78, 5) is 9.93. The van der Waals surface area contributed by atoms with E-state index in [1.807, 2.05) is 54.6 Å². The molecular formula is C17H17NO4S. The molecular weight excluding hydrogens is 314 g/mol. The van der Waals surface area contributed by atoms with Crippen molar-refractivity contribution in [1.29, 1.82) is 0 Å². The van der Waals surface area contributed by atoms with E-state index in [9.17, 15) is 5.11 Å². The number of hydrogen-bond donors (Lipinski definition) is 1. The van der Waals surface area contributed by atoms with Gasteiger partial charge >= 0.3 is 0 Å². The minimum absolute atomic E-state index is 0.307. The van der Waals surface area contributed by atoms with Crippen molar-refractivity contribution in [2.75, 3.05) is 13.7 Å². The Kier molecular flexibility index (Phi) is 5.30. The van der Waals surface area contributed by atoms with Crippen LogP contribution >= 0.6 is 12.0 Å². The molecule has 0 unspecified atom stereocenters. The van der Waals surface area contributed by atoms with E-state index in [-0.39, 0.29) is 6.04 Å². The van der Waals surface area contributed by atoms with E-state index in [0.717, 1.165) is 28.1 Å². The number of aliphatic hydroxyl groups excluding tert-OH is 1. The number of aliphatic hydroxyl groups is 1. The van der Waals surface area contributed by atoms with Gasteiger partial charge in [-0.2, -0.15) is 4.33 Å². The van der Waals surface area contributed by atoms with Crippen LogP contribution in [0.25, 0.3) is 0 Å². The summed E-state index contributed by atoms with van der Waals surface area (Å²) in [6, 6.07) is 16.8. The van der Waals surface area contributed by atoms with Gasteiger partial charge in [0.25, 0.3) is 0 Å². The topological polar surface area (TPSA) is 60.3 Å². The van der Waals surface area contributed by atoms with Gasteiger partial charge in [0.15, 0.2) is 0 Å². The molecule has 0 amide bonds. The van der Waals surface area contributed by atoms with Crippen molar-refractivity contribution in [3.63, 3.8) is 0 Å². The summed E-state index contributed by atoms with van der Waals surface area (Å²) in [7, 11) is 1.45.